The van der Waals surface area contributed by atoms with Crippen LogP contribution in [-0.2, 0) is 7.05 Å². The fourth-order valence-corrected chi connectivity index (χ4v) is 5.61. The van der Waals surface area contributed by atoms with Crippen molar-refractivity contribution in [1.29, 1.82) is 0 Å². The van der Waals surface area contributed by atoms with E-state index in [1.165, 1.54) is 22.9 Å². The highest BCUT2D eigenvalue weighted by molar-refractivity contribution is 6.15. The lowest BCUT2D eigenvalue weighted by molar-refractivity contribution is 0.0695. The molecule has 41 heavy (non-hydrogen) atoms. The first kappa shape index (κ1) is 24.6. The molecule has 0 spiro atoms. The van der Waals surface area contributed by atoms with E-state index in [4.69, 9.17) is 4.74 Å². The van der Waals surface area contributed by atoms with Crippen LogP contribution < -0.4 is 20.4 Å². The maximum atomic E-state index is 14.8. The number of hydrogen-bond acceptors (Lipinski definition) is 7. The molecule has 206 valence electrons. The Bertz CT molecular complexity index is 2130. The molecule has 5 aromatic heterocycles. The number of halogens is 1. The molecule has 3 N–H and O–H groups in total. The van der Waals surface area contributed by atoms with Gasteiger partial charge in [0.2, 0.25) is 5.43 Å². The van der Waals surface area contributed by atoms with Gasteiger partial charge in [-0.2, -0.15) is 0 Å². The normalized spacial score (nSPS) is 13.1. The average molecular weight is 554 g/mol. The third-order valence-corrected chi connectivity index (χ3v) is 7.61. The zero-order valence-electron chi connectivity index (χ0n) is 22.3. The summed E-state index contributed by atoms with van der Waals surface area (Å²) in [4.78, 5) is 39.5. The molecular weight excluding hydrogens is 529 g/mol. The zero-order chi connectivity index (χ0) is 28.6. The number of benzene rings is 1. The summed E-state index contributed by atoms with van der Waals surface area (Å²) in [6.07, 6.45) is 8.37. The number of pyridine rings is 3. The summed E-state index contributed by atoms with van der Waals surface area (Å²) in [5.41, 5.74) is 3.90. The highest BCUT2D eigenvalue weighted by atomic mass is 19.1. The molecule has 12 heteroatoms. The van der Waals surface area contributed by atoms with Crippen LogP contribution in [0.2, 0.25) is 0 Å². The molecule has 0 aliphatic carbocycles. The third-order valence-electron chi connectivity index (χ3n) is 7.61. The molecule has 0 unspecified atom stereocenters. The van der Waals surface area contributed by atoms with Gasteiger partial charge in [0.15, 0.2) is 5.75 Å². The van der Waals surface area contributed by atoms with Crippen molar-refractivity contribution in [3.05, 3.63) is 70.8 Å². The Morgan fingerprint density at radius 1 is 1.12 bits per heavy atom. The van der Waals surface area contributed by atoms with Crippen molar-refractivity contribution in [2.45, 2.75) is 0 Å². The fraction of sp³-hybridized carbons (Fsp3) is 0.172. The summed E-state index contributed by atoms with van der Waals surface area (Å²) >= 11 is 0. The summed E-state index contributed by atoms with van der Waals surface area (Å²) in [6, 6.07) is 4.51. The number of aryl methyl sites for hydroxylation is 1. The second kappa shape index (κ2) is 8.81. The largest absolute Gasteiger partial charge is 0.488 e. The molecule has 6 aromatic rings. The van der Waals surface area contributed by atoms with Crippen LogP contribution in [0.3, 0.4) is 0 Å². The van der Waals surface area contributed by atoms with Gasteiger partial charge in [0.05, 0.1) is 46.1 Å². The first-order chi connectivity index (χ1) is 19.7. The number of nitrogens with one attached hydrogen (secondary N) is 2. The number of fused-ring (bicyclic) bond motifs is 5. The van der Waals surface area contributed by atoms with Crippen molar-refractivity contribution in [2.75, 3.05) is 37.5 Å². The summed E-state index contributed by atoms with van der Waals surface area (Å²) in [7, 11) is 5.35. The topological polar surface area (TPSA) is 130 Å². The molecule has 0 saturated carbocycles. The number of aromatic carboxylic acids is 1. The SMILES string of the molecule is CNc1cc(F)cc2c1[nH]c1ncc(-c3cnc4c(c3)c(=O)c(C(=O)O)cn4C)c(-n3cc4c(c3)N(C)CCO4)c12. The summed E-state index contributed by atoms with van der Waals surface area (Å²) < 4.78 is 24.2. The van der Waals surface area contributed by atoms with E-state index in [0.717, 1.165) is 12.2 Å². The number of hydrogen-bond donors (Lipinski definition) is 3. The van der Waals surface area contributed by atoms with E-state index in [1.54, 1.807) is 32.6 Å². The maximum Gasteiger partial charge on any atom is 0.341 e. The molecule has 0 saturated heterocycles. The molecule has 0 bridgehead atoms. The van der Waals surface area contributed by atoms with E-state index >= 15 is 0 Å². The maximum absolute atomic E-state index is 14.8. The third kappa shape index (κ3) is 3.64. The van der Waals surface area contributed by atoms with Crippen LogP contribution in [0.15, 0.2) is 54.0 Å². The summed E-state index contributed by atoms with van der Waals surface area (Å²) in [5.74, 6) is -1.02. The Balaban J connectivity index is 1.59. The Labute approximate surface area is 231 Å². The lowest BCUT2D eigenvalue weighted by Crippen LogP contribution is -2.27. The zero-order valence-corrected chi connectivity index (χ0v) is 22.3. The highest BCUT2D eigenvalue weighted by Gasteiger charge is 2.24. The number of carboxylic acid groups (broad SMARTS) is 1. The monoisotopic (exact) mass is 553 g/mol. The quantitative estimate of drug-likeness (QED) is 0.297. The lowest BCUT2D eigenvalue weighted by atomic mass is 10.0. The van der Waals surface area contributed by atoms with Gasteiger partial charge in [0, 0.05) is 62.4 Å². The van der Waals surface area contributed by atoms with Crippen molar-refractivity contribution >= 4 is 50.3 Å². The van der Waals surface area contributed by atoms with Gasteiger partial charge in [-0.15, -0.1) is 0 Å². The van der Waals surface area contributed by atoms with Gasteiger partial charge in [0.1, 0.15) is 29.3 Å². The van der Waals surface area contributed by atoms with Crippen LogP contribution in [0.5, 0.6) is 5.75 Å². The van der Waals surface area contributed by atoms with E-state index < -0.39 is 17.2 Å². The minimum Gasteiger partial charge on any atom is -0.488 e. The molecule has 1 aliphatic heterocycles. The van der Waals surface area contributed by atoms with Crippen LogP contribution in [0.25, 0.3) is 49.8 Å². The van der Waals surface area contributed by atoms with Gasteiger partial charge in [-0.05, 0) is 18.2 Å². The number of rotatable bonds is 4. The molecule has 0 atom stereocenters. The Hall–Kier alpha value is -5.39. The van der Waals surface area contributed by atoms with E-state index in [0.29, 0.717) is 62.4 Å². The summed E-state index contributed by atoms with van der Waals surface area (Å²) in [6.45, 7) is 1.27. The predicted octanol–water partition coefficient (Wildman–Crippen LogP) is 4.13. The van der Waals surface area contributed by atoms with Crippen LogP contribution in [0.1, 0.15) is 10.4 Å². The lowest BCUT2D eigenvalue weighted by Gasteiger charge is -2.24. The molecule has 1 aliphatic rings. The number of aromatic nitrogens is 5. The number of carboxylic acids is 1. The highest BCUT2D eigenvalue weighted by Crippen LogP contribution is 2.42. The van der Waals surface area contributed by atoms with Crippen molar-refractivity contribution in [2.24, 2.45) is 7.05 Å². The van der Waals surface area contributed by atoms with Gasteiger partial charge in [-0.1, -0.05) is 0 Å². The molecule has 0 amide bonds. The molecule has 11 nitrogen and oxygen atoms in total. The van der Waals surface area contributed by atoms with Crippen molar-refractivity contribution in [3.8, 4) is 22.6 Å². The first-order valence-corrected chi connectivity index (χ1v) is 12.9. The Kier molecular flexibility index (Phi) is 5.29. The van der Waals surface area contributed by atoms with Crippen molar-refractivity contribution in [1.82, 2.24) is 24.1 Å². The molecule has 1 aromatic carbocycles. The van der Waals surface area contributed by atoms with E-state index in [2.05, 4.69) is 25.2 Å². The van der Waals surface area contributed by atoms with Crippen molar-refractivity contribution < 1.29 is 19.0 Å². The number of likely N-dealkylation sites (N-methyl/N-ethyl adjacent to an activating group) is 1. The molecule has 0 fully saturated rings. The van der Waals surface area contributed by atoms with Gasteiger partial charge in [-0.25, -0.2) is 19.2 Å². The molecule has 0 radical (unpaired) electrons. The predicted molar refractivity (Wildman–Crippen MR) is 154 cm³/mol. The van der Waals surface area contributed by atoms with Gasteiger partial charge in [0.25, 0.3) is 0 Å². The van der Waals surface area contributed by atoms with Crippen LogP contribution in [0.4, 0.5) is 15.8 Å². The van der Waals surface area contributed by atoms with E-state index in [9.17, 15) is 19.1 Å². The van der Waals surface area contributed by atoms with E-state index in [1.807, 2.05) is 24.0 Å². The smallest absolute Gasteiger partial charge is 0.341 e. The van der Waals surface area contributed by atoms with Crippen LogP contribution in [-0.4, -0.2) is 62.4 Å². The first-order valence-electron chi connectivity index (χ1n) is 12.9. The van der Waals surface area contributed by atoms with Gasteiger partial charge in [-0.3, -0.25) is 4.79 Å². The standard InChI is InChI=1S/C29H24FN7O4/c1-31-20-8-15(30)7-16-23-25(37-12-21-22(13-37)41-5-4-35(21)2)18(10-32-27(23)34-24(16)20)14-6-17-26(38)19(29(39)40)11-36(3)28(17)33-9-14/h6-13,31H,4-5H2,1-3H3,(H,32,34)(H,39,40). The minimum absolute atomic E-state index is 0.160. The number of aromatic amines is 1. The molecule has 7 rings (SSSR count). The Morgan fingerprint density at radius 2 is 1.95 bits per heavy atom. The summed E-state index contributed by atoms with van der Waals surface area (Å²) in [5, 5.41) is 14.1. The van der Waals surface area contributed by atoms with Crippen LogP contribution in [0, 0.1) is 5.82 Å². The number of anilines is 2. The number of ether oxygens (including phenoxy) is 1. The average Bonchev–Trinajstić information content (AvgIpc) is 3.56. The number of H-pyrrole nitrogens is 1. The van der Waals surface area contributed by atoms with Gasteiger partial charge >= 0.3 is 5.97 Å². The second-order valence-corrected chi connectivity index (χ2v) is 10.1. The van der Waals surface area contributed by atoms with Crippen molar-refractivity contribution in [3.63, 3.8) is 0 Å². The van der Waals surface area contributed by atoms with Gasteiger partial charge < -0.3 is 34.2 Å². The number of carbonyl (C=O) groups is 1. The Morgan fingerprint density at radius 3 is 2.71 bits per heavy atom. The molecular formula is C29H24FN7O4. The minimum atomic E-state index is -1.31. The van der Waals surface area contributed by atoms with E-state index in [-0.39, 0.29) is 10.9 Å². The molecule has 6 heterocycles. The fourth-order valence-electron chi connectivity index (χ4n) is 5.61. The van der Waals surface area contributed by atoms with Crippen LogP contribution >= 0.6 is 0 Å². The second-order valence-electron chi connectivity index (χ2n) is 10.1. The number of nitrogens with zero attached hydrogens (tertiary/aromatic N) is 5.